The molecule has 2 aliphatic rings. The molecule has 1 aromatic heterocycles. The fourth-order valence-electron chi connectivity index (χ4n) is 4.18. The molecule has 3 atom stereocenters. The molecule has 2 aliphatic carbocycles. The molecule has 2 aromatic rings. The zero-order chi connectivity index (χ0) is 18.8. The van der Waals surface area contributed by atoms with E-state index in [-0.39, 0.29) is 5.91 Å². The summed E-state index contributed by atoms with van der Waals surface area (Å²) in [5.74, 6) is 3.87. The smallest absolute Gasteiger partial charge is 0.230 e. The van der Waals surface area contributed by atoms with Crippen LogP contribution in [-0.2, 0) is 4.79 Å². The SMILES string of the molecule is COc1cc(OC)cc(-c2nc(SCC(=O)N[C@H]3C[C@H]4CC[C@H]3C4)n[nH]2)c1. The minimum absolute atomic E-state index is 0.0620. The number of aromatic amines is 1. The van der Waals surface area contributed by atoms with Crippen molar-refractivity contribution in [3.05, 3.63) is 18.2 Å². The molecular formula is C19H24N4O3S. The lowest BCUT2D eigenvalue weighted by Crippen LogP contribution is -2.39. The normalized spacial score (nSPS) is 23.4. The number of nitrogens with one attached hydrogen (secondary N) is 2. The first-order chi connectivity index (χ1) is 13.1. The van der Waals surface area contributed by atoms with Gasteiger partial charge in [-0.05, 0) is 43.2 Å². The number of hydrogen-bond donors (Lipinski definition) is 2. The van der Waals surface area contributed by atoms with Gasteiger partial charge in [0.1, 0.15) is 11.5 Å². The lowest BCUT2D eigenvalue weighted by molar-refractivity contribution is -0.119. The quantitative estimate of drug-likeness (QED) is 0.709. The molecule has 0 unspecified atom stereocenters. The number of thioether (sulfide) groups is 1. The van der Waals surface area contributed by atoms with Crippen LogP contribution in [-0.4, -0.2) is 47.1 Å². The molecule has 4 rings (SSSR count). The Balaban J connectivity index is 1.35. The molecule has 1 heterocycles. The summed E-state index contributed by atoms with van der Waals surface area (Å²) in [6.45, 7) is 0. The number of rotatable bonds is 7. The molecule has 1 amide bonds. The molecule has 1 aromatic carbocycles. The monoisotopic (exact) mass is 388 g/mol. The maximum absolute atomic E-state index is 12.3. The van der Waals surface area contributed by atoms with E-state index in [4.69, 9.17) is 9.47 Å². The number of aromatic nitrogens is 3. The number of benzene rings is 1. The molecule has 0 spiro atoms. The number of fused-ring (bicyclic) bond motifs is 2. The van der Waals surface area contributed by atoms with Crippen molar-refractivity contribution in [1.29, 1.82) is 0 Å². The first kappa shape index (κ1) is 18.2. The van der Waals surface area contributed by atoms with Gasteiger partial charge in [-0.25, -0.2) is 4.98 Å². The molecule has 0 radical (unpaired) electrons. The lowest BCUT2D eigenvalue weighted by atomic mass is 9.95. The van der Waals surface area contributed by atoms with E-state index in [0.717, 1.165) is 17.9 Å². The van der Waals surface area contributed by atoms with Crippen LogP contribution in [0.3, 0.4) is 0 Å². The van der Waals surface area contributed by atoms with Gasteiger partial charge in [0.2, 0.25) is 11.1 Å². The van der Waals surface area contributed by atoms with Gasteiger partial charge in [0.15, 0.2) is 5.82 Å². The molecule has 7 nitrogen and oxygen atoms in total. The van der Waals surface area contributed by atoms with Crippen molar-refractivity contribution >= 4 is 17.7 Å². The Morgan fingerprint density at radius 1 is 1.22 bits per heavy atom. The van der Waals surface area contributed by atoms with Crippen LogP contribution in [0.15, 0.2) is 23.4 Å². The van der Waals surface area contributed by atoms with E-state index >= 15 is 0 Å². The molecule has 2 bridgehead atoms. The summed E-state index contributed by atoms with van der Waals surface area (Å²) in [7, 11) is 3.21. The zero-order valence-corrected chi connectivity index (χ0v) is 16.3. The number of methoxy groups -OCH3 is 2. The van der Waals surface area contributed by atoms with Crippen LogP contribution >= 0.6 is 11.8 Å². The molecule has 8 heteroatoms. The van der Waals surface area contributed by atoms with Crippen LogP contribution in [0.5, 0.6) is 11.5 Å². The van der Waals surface area contributed by atoms with Crippen LogP contribution in [0.1, 0.15) is 25.7 Å². The van der Waals surface area contributed by atoms with E-state index < -0.39 is 0 Å². The Morgan fingerprint density at radius 3 is 2.63 bits per heavy atom. The van der Waals surface area contributed by atoms with Crippen molar-refractivity contribution in [2.24, 2.45) is 11.8 Å². The zero-order valence-electron chi connectivity index (χ0n) is 15.5. The van der Waals surface area contributed by atoms with Crippen molar-refractivity contribution in [3.63, 3.8) is 0 Å². The van der Waals surface area contributed by atoms with Gasteiger partial charge in [0.25, 0.3) is 0 Å². The molecule has 0 saturated heterocycles. The Kier molecular flexibility index (Phi) is 5.24. The average molecular weight is 388 g/mol. The topological polar surface area (TPSA) is 89.1 Å². The van der Waals surface area contributed by atoms with Crippen molar-refractivity contribution in [2.45, 2.75) is 36.9 Å². The van der Waals surface area contributed by atoms with Gasteiger partial charge in [-0.3, -0.25) is 9.89 Å². The van der Waals surface area contributed by atoms with Gasteiger partial charge in [0.05, 0.1) is 20.0 Å². The molecule has 144 valence electrons. The highest BCUT2D eigenvalue weighted by Crippen LogP contribution is 2.44. The third kappa shape index (κ3) is 4.05. The fourth-order valence-corrected chi connectivity index (χ4v) is 4.79. The Bertz CT molecular complexity index is 803. The van der Waals surface area contributed by atoms with Crippen LogP contribution < -0.4 is 14.8 Å². The maximum Gasteiger partial charge on any atom is 0.230 e. The summed E-state index contributed by atoms with van der Waals surface area (Å²) in [6, 6.07) is 5.89. The summed E-state index contributed by atoms with van der Waals surface area (Å²) >= 11 is 1.34. The predicted molar refractivity (Wildman–Crippen MR) is 103 cm³/mol. The number of H-pyrrole nitrogens is 1. The lowest BCUT2D eigenvalue weighted by Gasteiger charge is -2.22. The Labute approximate surface area is 162 Å². The van der Waals surface area contributed by atoms with Gasteiger partial charge in [-0.15, -0.1) is 5.10 Å². The predicted octanol–water partition coefficient (Wildman–Crippen LogP) is 2.89. The highest BCUT2D eigenvalue weighted by atomic mass is 32.2. The van der Waals surface area contributed by atoms with Crippen LogP contribution in [0.2, 0.25) is 0 Å². The third-order valence-corrected chi connectivity index (χ3v) is 6.35. The first-order valence-electron chi connectivity index (χ1n) is 9.22. The maximum atomic E-state index is 12.3. The number of carbonyl (C=O) groups is 1. The summed E-state index contributed by atoms with van der Waals surface area (Å²) in [6.07, 6.45) is 5.02. The molecule has 0 aliphatic heterocycles. The number of nitrogens with zero attached hydrogens (tertiary/aromatic N) is 2. The number of hydrogen-bond acceptors (Lipinski definition) is 6. The van der Waals surface area contributed by atoms with Crippen molar-refractivity contribution < 1.29 is 14.3 Å². The van der Waals surface area contributed by atoms with Crippen LogP contribution in [0, 0.1) is 11.8 Å². The van der Waals surface area contributed by atoms with Crippen LogP contribution in [0.4, 0.5) is 0 Å². The summed E-state index contributed by atoms with van der Waals surface area (Å²) in [5, 5.41) is 10.9. The Morgan fingerprint density at radius 2 is 2.00 bits per heavy atom. The second-order valence-electron chi connectivity index (χ2n) is 7.21. The first-order valence-corrected chi connectivity index (χ1v) is 10.2. The molecule has 2 fully saturated rings. The number of ether oxygens (including phenoxy) is 2. The van der Waals surface area contributed by atoms with Gasteiger partial charge < -0.3 is 14.8 Å². The van der Waals surface area contributed by atoms with Gasteiger partial charge in [-0.2, -0.15) is 0 Å². The molecule has 27 heavy (non-hydrogen) atoms. The van der Waals surface area contributed by atoms with Crippen molar-refractivity contribution in [3.8, 4) is 22.9 Å². The number of amides is 1. The average Bonchev–Trinajstić information content (AvgIpc) is 3.42. The van der Waals surface area contributed by atoms with E-state index in [2.05, 4.69) is 20.5 Å². The Hall–Kier alpha value is -2.22. The largest absolute Gasteiger partial charge is 0.497 e. The number of carbonyl (C=O) groups excluding carboxylic acids is 1. The molecular weight excluding hydrogens is 364 g/mol. The van der Waals surface area contributed by atoms with E-state index in [0.29, 0.717) is 40.2 Å². The van der Waals surface area contributed by atoms with E-state index in [1.165, 1.54) is 31.0 Å². The summed E-state index contributed by atoms with van der Waals surface area (Å²) in [4.78, 5) is 16.7. The highest BCUT2D eigenvalue weighted by molar-refractivity contribution is 7.99. The van der Waals surface area contributed by atoms with Gasteiger partial charge in [-0.1, -0.05) is 18.2 Å². The molecule has 2 N–H and O–H groups in total. The van der Waals surface area contributed by atoms with Crippen molar-refractivity contribution in [1.82, 2.24) is 20.5 Å². The van der Waals surface area contributed by atoms with E-state index in [1.54, 1.807) is 20.3 Å². The van der Waals surface area contributed by atoms with Crippen molar-refractivity contribution in [2.75, 3.05) is 20.0 Å². The third-order valence-electron chi connectivity index (χ3n) is 5.51. The van der Waals surface area contributed by atoms with E-state index in [1.807, 2.05) is 12.1 Å². The fraction of sp³-hybridized carbons (Fsp3) is 0.526. The molecule has 2 saturated carbocycles. The van der Waals surface area contributed by atoms with Gasteiger partial charge in [0, 0.05) is 17.7 Å². The summed E-state index contributed by atoms with van der Waals surface area (Å²) < 4.78 is 10.6. The second-order valence-corrected chi connectivity index (χ2v) is 8.15. The van der Waals surface area contributed by atoms with Gasteiger partial charge >= 0.3 is 0 Å². The standard InChI is InChI=1S/C19H24N4O3S/c1-25-14-7-13(8-15(9-14)26-2)18-21-19(23-22-18)27-10-17(24)20-16-6-11-3-4-12(16)5-11/h7-9,11-12,16H,3-6,10H2,1-2H3,(H,20,24)(H,21,22,23)/t11-,12-,16-/m0/s1. The highest BCUT2D eigenvalue weighted by Gasteiger charge is 2.40. The second kappa shape index (κ2) is 7.80. The summed E-state index contributed by atoms with van der Waals surface area (Å²) in [5.41, 5.74) is 0.817. The van der Waals surface area contributed by atoms with Crippen LogP contribution in [0.25, 0.3) is 11.4 Å². The minimum Gasteiger partial charge on any atom is -0.497 e. The van der Waals surface area contributed by atoms with E-state index in [9.17, 15) is 4.79 Å². The minimum atomic E-state index is 0.0620.